The Morgan fingerprint density at radius 3 is 1.88 bits per heavy atom. The molecule has 2 aromatic rings. The van der Waals surface area contributed by atoms with Crippen molar-refractivity contribution in [3.8, 4) is 11.1 Å². The van der Waals surface area contributed by atoms with Gasteiger partial charge in [-0.05, 0) is 79.0 Å². The van der Waals surface area contributed by atoms with E-state index in [0.29, 0.717) is 0 Å². The minimum atomic E-state index is -1.31. The van der Waals surface area contributed by atoms with Crippen molar-refractivity contribution in [1.82, 2.24) is 21.3 Å². The number of rotatable bonds is 17. The summed E-state index contributed by atoms with van der Waals surface area (Å²) in [6, 6.07) is 13.8. The molecular formula is C38H56N4O9S. The third-order valence-corrected chi connectivity index (χ3v) is 8.34. The average molecular weight is 745 g/mol. The number of carbonyl (C=O) groups excluding carboxylic acids is 5. The second kappa shape index (κ2) is 19.6. The largest absolute Gasteiger partial charge is 0.467 e. The van der Waals surface area contributed by atoms with Gasteiger partial charge in [0.2, 0.25) is 17.7 Å². The van der Waals surface area contributed by atoms with Crippen molar-refractivity contribution in [2.24, 2.45) is 0 Å². The normalized spacial score (nSPS) is 14.2. The molecule has 0 saturated heterocycles. The van der Waals surface area contributed by atoms with Crippen LogP contribution < -0.4 is 21.3 Å². The number of thioether (sulfide) groups is 1. The van der Waals surface area contributed by atoms with Crippen LogP contribution in [0.2, 0.25) is 0 Å². The van der Waals surface area contributed by atoms with Crippen molar-refractivity contribution in [3.63, 3.8) is 0 Å². The Bertz CT molecular complexity index is 1490. The topological polar surface area (TPSA) is 170 Å². The fraction of sp³-hybridized carbons (Fsp3) is 0.553. The molecule has 0 spiro atoms. The van der Waals surface area contributed by atoms with Crippen molar-refractivity contribution >= 4 is 41.5 Å². The van der Waals surface area contributed by atoms with Crippen LogP contribution in [0.25, 0.3) is 11.1 Å². The third-order valence-electron chi connectivity index (χ3n) is 7.43. The summed E-state index contributed by atoms with van der Waals surface area (Å²) in [5.74, 6) is -2.27. The molecule has 0 unspecified atom stereocenters. The summed E-state index contributed by atoms with van der Waals surface area (Å²) in [4.78, 5) is 65.1. The SMILES string of the molecule is COC(=O)[C@H](COC(C)(C)C)NC(=O)[C@H](NC(=O)[C@H](CSCNC(C)=O)NC(=O)OC(C)(C)c1ccc(-c2ccccc2)cc1)[C@H](C)OC(C)(C)C. The number of carbonyl (C=O) groups is 5. The summed E-state index contributed by atoms with van der Waals surface area (Å²) in [5, 5.41) is 10.6. The summed E-state index contributed by atoms with van der Waals surface area (Å²) >= 11 is 1.18. The van der Waals surface area contributed by atoms with E-state index in [-0.39, 0.29) is 24.1 Å². The van der Waals surface area contributed by atoms with Crippen molar-refractivity contribution in [1.29, 1.82) is 0 Å². The molecule has 4 amide bonds. The molecule has 0 radical (unpaired) electrons. The third kappa shape index (κ3) is 15.6. The Balaban J connectivity index is 2.31. The van der Waals surface area contributed by atoms with Gasteiger partial charge in [-0.2, -0.15) is 0 Å². The maximum atomic E-state index is 13.9. The molecule has 4 N–H and O–H groups in total. The number of hydrogen-bond acceptors (Lipinski definition) is 10. The fourth-order valence-corrected chi connectivity index (χ4v) is 5.74. The maximum absolute atomic E-state index is 13.9. The second-order valence-corrected chi connectivity index (χ2v) is 15.7. The molecule has 52 heavy (non-hydrogen) atoms. The highest BCUT2D eigenvalue weighted by molar-refractivity contribution is 7.99. The number of hydrogen-bond donors (Lipinski definition) is 4. The smallest absolute Gasteiger partial charge is 0.408 e. The molecule has 288 valence electrons. The summed E-state index contributed by atoms with van der Waals surface area (Å²) in [7, 11) is 1.19. The number of benzene rings is 2. The van der Waals surface area contributed by atoms with E-state index in [1.54, 1.807) is 62.3 Å². The van der Waals surface area contributed by atoms with Gasteiger partial charge in [0.25, 0.3) is 0 Å². The number of alkyl carbamates (subject to hydrolysis) is 1. The molecule has 4 atom stereocenters. The van der Waals surface area contributed by atoms with Gasteiger partial charge >= 0.3 is 12.1 Å². The Morgan fingerprint density at radius 1 is 0.750 bits per heavy atom. The van der Waals surface area contributed by atoms with Crippen LogP contribution in [0.4, 0.5) is 4.79 Å². The molecule has 14 heteroatoms. The summed E-state index contributed by atoms with van der Waals surface area (Å²) in [5.41, 5.74) is 0.365. The van der Waals surface area contributed by atoms with Crippen LogP contribution in [-0.4, -0.2) is 90.6 Å². The lowest BCUT2D eigenvalue weighted by Crippen LogP contribution is -2.61. The minimum absolute atomic E-state index is 0.0144. The van der Waals surface area contributed by atoms with E-state index in [1.165, 1.54) is 25.8 Å². The molecule has 2 aromatic carbocycles. The van der Waals surface area contributed by atoms with Gasteiger partial charge < -0.3 is 40.2 Å². The first-order chi connectivity index (χ1) is 24.1. The van der Waals surface area contributed by atoms with Crippen molar-refractivity contribution in [3.05, 3.63) is 60.2 Å². The van der Waals surface area contributed by atoms with Gasteiger partial charge in [0.15, 0.2) is 6.04 Å². The van der Waals surface area contributed by atoms with Gasteiger partial charge in [0.1, 0.15) is 17.7 Å². The van der Waals surface area contributed by atoms with E-state index in [4.69, 9.17) is 18.9 Å². The van der Waals surface area contributed by atoms with E-state index >= 15 is 0 Å². The average Bonchev–Trinajstić information content (AvgIpc) is 3.05. The second-order valence-electron chi connectivity index (χ2n) is 14.7. The quantitative estimate of drug-likeness (QED) is 0.101. The van der Waals surface area contributed by atoms with Gasteiger partial charge in [-0.1, -0.05) is 54.6 Å². The first-order valence-corrected chi connectivity index (χ1v) is 18.3. The maximum Gasteiger partial charge on any atom is 0.408 e. The Labute approximate surface area is 312 Å². The van der Waals surface area contributed by atoms with Gasteiger partial charge in [-0.25, -0.2) is 9.59 Å². The molecule has 0 aliphatic carbocycles. The zero-order valence-electron chi connectivity index (χ0n) is 32.2. The van der Waals surface area contributed by atoms with Gasteiger partial charge in [0.05, 0.1) is 36.9 Å². The van der Waals surface area contributed by atoms with E-state index in [0.717, 1.165) is 16.7 Å². The first kappa shape index (κ1) is 44.0. The van der Waals surface area contributed by atoms with E-state index in [2.05, 4.69) is 21.3 Å². The molecular weight excluding hydrogens is 689 g/mol. The molecule has 0 aliphatic heterocycles. The van der Waals surface area contributed by atoms with Crippen LogP contribution in [0.15, 0.2) is 54.6 Å². The molecule has 0 aromatic heterocycles. The highest BCUT2D eigenvalue weighted by atomic mass is 32.2. The van der Waals surface area contributed by atoms with Crippen molar-refractivity contribution in [2.45, 2.75) is 110 Å². The Kier molecular flexibility index (Phi) is 16.6. The van der Waals surface area contributed by atoms with E-state index in [1.807, 2.05) is 54.6 Å². The highest BCUT2D eigenvalue weighted by Gasteiger charge is 2.36. The van der Waals surface area contributed by atoms with Gasteiger partial charge in [-0.3, -0.25) is 14.4 Å². The lowest BCUT2D eigenvalue weighted by Gasteiger charge is -2.33. The molecule has 13 nitrogen and oxygen atoms in total. The van der Waals surface area contributed by atoms with Crippen molar-refractivity contribution < 1.29 is 42.9 Å². The number of ether oxygens (including phenoxy) is 4. The minimum Gasteiger partial charge on any atom is -0.467 e. The summed E-state index contributed by atoms with van der Waals surface area (Å²) in [6.07, 6.45) is -1.76. The molecule has 0 fully saturated rings. The van der Waals surface area contributed by atoms with E-state index in [9.17, 15) is 24.0 Å². The monoisotopic (exact) mass is 744 g/mol. The zero-order valence-corrected chi connectivity index (χ0v) is 33.0. The lowest BCUT2D eigenvalue weighted by molar-refractivity contribution is -0.150. The number of nitrogens with one attached hydrogen (secondary N) is 4. The molecule has 2 rings (SSSR count). The highest BCUT2D eigenvalue weighted by Crippen LogP contribution is 2.28. The number of amides is 4. The predicted octanol–water partition coefficient (Wildman–Crippen LogP) is 4.67. The van der Waals surface area contributed by atoms with Crippen LogP contribution in [-0.2, 0) is 43.7 Å². The molecule has 0 saturated carbocycles. The first-order valence-electron chi connectivity index (χ1n) is 17.1. The van der Waals surface area contributed by atoms with Crippen LogP contribution >= 0.6 is 11.8 Å². The molecule has 0 aliphatic rings. The fourth-order valence-electron chi connectivity index (χ4n) is 4.85. The van der Waals surface area contributed by atoms with Gasteiger partial charge in [-0.15, -0.1) is 11.8 Å². The van der Waals surface area contributed by atoms with Crippen LogP contribution in [0.1, 0.15) is 74.8 Å². The predicted molar refractivity (Wildman–Crippen MR) is 201 cm³/mol. The van der Waals surface area contributed by atoms with Gasteiger partial charge in [0, 0.05) is 12.7 Å². The molecule has 0 heterocycles. The van der Waals surface area contributed by atoms with E-state index < -0.39 is 64.9 Å². The summed E-state index contributed by atoms with van der Waals surface area (Å²) < 4.78 is 22.5. The zero-order chi connectivity index (χ0) is 39.3. The number of methoxy groups -OCH3 is 1. The summed E-state index contributed by atoms with van der Waals surface area (Å²) in [6.45, 7) is 17.1. The van der Waals surface area contributed by atoms with Crippen LogP contribution in [0, 0.1) is 0 Å². The lowest BCUT2D eigenvalue weighted by atomic mass is 9.95. The molecule has 0 bridgehead atoms. The number of esters is 1. The Morgan fingerprint density at radius 2 is 1.35 bits per heavy atom. The van der Waals surface area contributed by atoms with Crippen LogP contribution in [0.3, 0.4) is 0 Å². The Hall–Kier alpha value is -4.14. The van der Waals surface area contributed by atoms with Crippen molar-refractivity contribution in [2.75, 3.05) is 25.3 Å². The van der Waals surface area contributed by atoms with Crippen LogP contribution in [0.5, 0.6) is 0 Å². The standard InChI is InChI=1S/C38H56N4O9S/c1-24(50-37(6,7)8)31(33(45)40-29(34(46)48-11)21-49-36(3,4)5)42-32(44)30(22-52-23-39-25(2)43)41-35(47)51-38(9,10)28-19-17-27(18-20-28)26-15-13-12-14-16-26/h12-20,24,29-31H,21-23H2,1-11H3,(H,39,43)(H,40,45)(H,41,47)(H,42,44)/t24-,29-,30-,31+/m0/s1.